The van der Waals surface area contributed by atoms with Gasteiger partial charge in [0.1, 0.15) is 5.75 Å². The number of fused-ring (bicyclic) bond motifs is 1. The van der Waals surface area contributed by atoms with Crippen LogP contribution in [0.1, 0.15) is 24.8 Å². The van der Waals surface area contributed by atoms with Crippen LogP contribution in [-0.2, 0) is 9.59 Å². The summed E-state index contributed by atoms with van der Waals surface area (Å²) in [6, 6.07) is 13.4. The van der Waals surface area contributed by atoms with Gasteiger partial charge in [0.15, 0.2) is 6.10 Å². The van der Waals surface area contributed by atoms with Gasteiger partial charge in [0.05, 0.1) is 24.5 Å². The normalized spacial score (nSPS) is 18.4. The number of halogens is 1. The summed E-state index contributed by atoms with van der Waals surface area (Å²) in [6.45, 7) is 4.06. The van der Waals surface area contributed by atoms with Crippen LogP contribution in [0.2, 0.25) is 0 Å². The van der Waals surface area contributed by atoms with Crippen molar-refractivity contribution in [2.24, 2.45) is 0 Å². The lowest BCUT2D eigenvalue weighted by Gasteiger charge is -2.38. The zero-order chi connectivity index (χ0) is 21.1. The first-order chi connectivity index (χ1) is 14.5. The van der Waals surface area contributed by atoms with E-state index in [-0.39, 0.29) is 18.4 Å². The second-order valence-corrected chi connectivity index (χ2v) is 8.73. The van der Waals surface area contributed by atoms with Gasteiger partial charge in [0.2, 0.25) is 5.91 Å². The molecule has 6 nitrogen and oxygen atoms in total. The van der Waals surface area contributed by atoms with Crippen LogP contribution in [0.3, 0.4) is 0 Å². The van der Waals surface area contributed by atoms with Gasteiger partial charge in [-0.1, -0.05) is 18.2 Å². The summed E-state index contributed by atoms with van der Waals surface area (Å²) < 4.78 is 6.88. The number of hydrogen-bond donors (Lipinski definition) is 1. The van der Waals surface area contributed by atoms with E-state index in [1.54, 1.807) is 0 Å². The molecule has 0 aliphatic carbocycles. The molecule has 0 spiro atoms. The summed E-state index contributed by atoms with van der Waals surface area (Å²) >= 11 is 3.50. The van der Waals surface area contributed by atoms with E-state index in [2.05, 4.69) is 21.2 Å². The number of amides is 2. The average molecular weight is 472 g/mol. The number of nitrogens with one attached hydrogen (secondary N) is 1. The molecule has 0 aromatic heterocycles. The molecule has 158 valence electrons. The molecule has 1 saturated heterocycles. The van der Waals surface area contributed by atoms with Gasteiger partial charge in [-0.25, -0.2) is 0 Å². The van der Waals surface area contributed by atoms with Crippen molar-refractivity contribution < 1.29 is 14.3 Å². The molecule has 2 aliphatic heterocycles. The van der Waals surface area contributed by atoms with E-state index >= 15 is 0 Å². The van der Waals surface area contributed by atoms with Crippen molar-refractivity contribution in [2.45, 2.75) is 32.3 Å². The van der Waals surface area contributed by atoms with Crippen molar-refractivity contribution in [1.29, 1.82) is 0 Å². The number of anilines is 2. The smallest absolute Gasteiger partial charge is 0.265 e. The minimum absolute atomic E-state index is 0.0101. The number of piperidine rings is 1. The maximum Gasteiger partial charge on any atom is 0.265 e. The Bertz CT molecular complexity index is 943. The van der Waals surface area contributed by atoms with Crippen molar-refractivity contribution in [2.75, 3.05) is 36.4 Å². The zero-order valence-corrected chi connectivity index (χ0v) is 18.7. The Hall–Kier alpha value is -2.54. The predicted octanol–water partition coefficient (Wildman–Crippen LogP) is 3.98. The highest BCUT2D eigenvalue weighted by atomic mass is 79.9. The maximum atomic E-state index is 13.0. The van der Waals surface area contributed by atoms with Crippen LogP contribution < -0.4 is 15.0 Å². The van der Waals surface area contributed by atoms with Crippen LogP contribution in [-0.4, -0.2) is 49.0 Å². The van der Waals surface area contributed by atoms with Crippen molar-refractivity contribution in [3.05, 3.63) is 52.5 Å². The molecule has 2 aromatic carbocycles. The highest BCUT2D eigenvalue weighted by Crippen LogP contribution is 2.33. The van der Waals surface area contributed by atoms with Crippen LogP contribution in [0.5, 0.6) is 5.75 Å². The number of carbonyl (C=O) groups excluding carboxylic acids is 2. The number of nitrogens with zero attached hydrogens (tertiary/aromatic N) is 2. The number of likely N-dealkylation sites (tertiary alicyclic amines) is 1. The Morgan fingerprint density at radius 2 is 1.90 bits per heavy atom. The first-order valence-electron chi connectivity index (χ1n) is 10.4. The van der Waals surface area contributed by atoms with E-state index in [1.807, 2.05) is 59.2 Å². The van der Waals surface area contributed by atoms with E-state index in [4.69, 9.17) is 4.74 Å². The minimum atomic E-state index is -0.600. The summed E-state index contributed by atoms with van der Waals surface area (Å²) in [4.78, 5) is 29.7. The third-order valence-electron chi connectivity index (χ3n) is 5.54. The molecular weight excluding hydrogens is 446 g/mol. The van der Waals surface area contributed by atoms with Gasteiger partial charge in [0.25, 0.3) is 5.91 Å². The number of rotatable bonds is 4. The lowest BCUT2D eigenvalue weighted by atomic mass is 10.1. The monoisotopic (exact) mass is 471 g/mol. The highest BCUT2D eigenvalue weighted by Gasteiger charge is 2.34. The predicted molar refractivity (Wildman–Crippen MR) is 121 cm³/mol. The fourth-order valence-corrected chi connectivity index (χ4v) is 4.58. The van der Waals surface area contributed by atoms with Gasteiger partial charge in [0, 0.05) is 17.6 Å². The molecule has 2 heterocycles. The fourth-order valence-electron chi connectivity index (χ4n) is 3.99. The molecule has 1 atom stereocenters. The van der Waals surface area contributed by atoms with Crippen molar-refractivity contribution in [1.82, 2.24) is 4.90 Å². The topological polar surface area (TPSA) is 61.9 Å². The van der Waals surface area contributed by atoms with Gasteiger partial charge in [-0.3, -0.25) is 9.59 Å². The van der Waals surface area contributed by atoms with Crippen LogP contribution in [0.4, 0.5) is 11.4 Å². The standard InChI is InChI=1S/C23H26BrN3O3/c1-16-9-10-18(17(24)13-16)25-22(28)15-27-14-21(23(29)26-11-5-2-6-12-26)30-20-8-4-3-7-19(20)27/h3-4,7-10,13,21H,2,5-6,11-12,14-15H2,1H3,(H,25,28). The Morgan fingerprint density at radius 3 is 2.67 bits per heavy atom. The Labute approximate surface area is 185 Å². The Balaban J connectivity index is 1.49. The van der Waals surface area contributed by atoms with Crippen molar-refractivity contribution in [3.8, 4) is 5.75 Å². The minimum Gasteiger partial charge on any atom is -0.477 e. The first kappa shape index (κ1) is 20.7. The number of benzene rings is 2. The van der Waals surface area contributed by atoms with Gasteiger partial charge in [-0.05, 0) is 71.9 Å². The Morgan fingerprint density at radius 1 is 1.13 bits per heavy atom. The third-order valence-corrected chi connectivity index (χ3v) is 6.19. The van der Waals surface area contributed by atoms with Gasteiger partial charge in [-0.15, -0.1) is 0 Å². The van der Waals surface area contributed by atoms with Gasteiger partial charge in [-0.2, -0.15) is 0 Å². The van der Waals surface area contributed by atoms with E-state index in [1.165, 1.54) is 6.42 Å². The molecule has 0 bridgehead atoms. The van der Waals surface area contributed by atoms with E-state index < -0.39 is 6.10 Å². The zero-order valence-electron chi connectivity index (χ0n) is 17.1. The van der Waals surface area contributed by atoms with E-state index in [9.17, 15) is 9.59 Å². The van der Waals surface area contributed by atoms with Crippen LogP contribution >= 0.6 is 15.9 Å². The summed E-state index contributed by atoms with van der Waals surface area (Å²) in [5, 5.41) is 2.96. The van der Waals surface area contributed by atoms with Gasteiger partial charge >= 0.3 is 0 Å². The summed E-state index contributed by atoms with van der Waals surface area (Å²) in [5.74, 6) is 0.514. The second-order valence-electron chi connectivity index (χ2n) is 7.87. The molecule has 0 radical (unpaired) electrons. The molecule has 7 heteroatoms. The number of carbonyl (C=O) groups is 2. The maximum absolute atomic E-state index is 13.0. The molecule has 1 unspecified atom stereocenters. The van der Waals surface area contributed by atoms with E-state index in [0.717, 1.165) is 47.3 Å². The first-order valence-corrected chi connectivity index (χ1v) is 11.2. The molecule has 1 fully saturated rings. The van der Waals surface area contributed by atoms with Crippen molar-refractivity contribution >= 4 is 39.1 Å². The quantitative estimate of drug-likeness (QED) is 0.732. The van der Waals surface area contributed by atoms with Crippen LogP contribution in [0.15, 0.2) is 46.9 Å². The highest BCUT2D eigenvalue weighted by molar-refractivity contribution is 9.10. The number of para-hydroxylation sites is 2. The molecular formula is C23H26BrN3O3. The third kappa shape index (κ3) is 4.61. The number of aryl methyl sites for hydroxylation is 1. The molecule has 0 saturated carbocycles. The largest absolute Gasteiger partial charge is 0.477 e. The van der Waals surface area contributed by atoms with Gasteiger partial charge < -0.3 is 19.9 Å². The lowest BCUT2D eigenvalue weighted by Crippen LogP contribution is -2.52. The second kappa shape index (κ2) is 9.08. The number of ether oxygens (including phenoxy) is 1. The number of hydrogen-bond acceptors (Lipinski definition) is 4. The lowest BCUT2D eigenvalue weighted by molar-refractivity contribution is -0.139. The van der Waals surface area contributed by atoms with E-state index in [0.29, 0.717) is 12.3 Å². The Kier molecular flexibility index (Phi) is 6.27. The summed E-state index contributed by atoms with van der Waals surface area (Å²) in [6.07, 6.45) is 2.63. The molecule has 30 heavy (non-hydrogen) atoms. The summed E-state index contributed by atoms with van der Waals surface area (Å²) in [7, 11) is 0. The molecule has 2 aliphatic rings. The average Bonchev–Trinajstić information content (AvgIpc) is 2.75. The summed E-state index contributed by atoms with van der Waals surface area (Å²) in [5.41, 5.74) is 2.67. The molecule has 2 aromatic rings. The van der Waals surface area contributed by atoms with Crippen LogP contribution in [0, 0.1) is 6.92 Å². The SMILES string of the molecule is Cc1ccc(NC(=O)CN2CC(C(=O)N3CCCCC3)Oc3ccccc32)c(Br)c1. The fraction of sp³-hybridized carbons (Fsp3) is 0.391. The van der Waals surface area contributed by atoms with Crippen LogP contribution in [0.25, 0.3) is 0 Å². The van der Waals surface area contributed by atoms with Crippen molar-refractivity contribution in [3.63, 3.8) is 0 Å². The molecule has 4 rings (SSSR count). The molecule has 1 N–H and O–H groups in total. The molecule has 2 amide bonds.